The van der Waals surface area contributed by atoms with E-state index in [0.29, 0.717) is 12.4 Å². The van der Waals surface area contributed by atoms with E-state index in [1.165, 1.54) is 32.2 Å². The minimum atomic E-state index is -0.0548. The quantitative estimate of drug-likeness (QED) is 0.779. The highest BCUT2D eigenvalue weighted by Gasteiger charge is 2.22. The highest BCUT2D eigenvalue weighted by molar-refractivity contribution is 5.17. The Morgan fingerprint density at radius 2 is 1.77 bits per heavy atom. The van der Waals surface area contributed by atoms with Crippen molar-refractivity contribution in [2.24, 2.45) is 5.92 Å². The summed E-state index contributed by atoms with van der Waals surface area (Å²) in [6.07, 6.45) is 9.22. The van der Waals surface area contributed by atoms with Gasteiger partial charge in [-0.05, 0) is 30.9 Å². The van der Waals surface area contributed by atoms with E-state index in [1.54, 1.807) is 27.7 Å². The lowest BCUT2D eigenvalue weighted by Gasteiger charge is -2.35. The number of nitrogens with zero attached hydrogens (tertiary/aromatic N) is 6. The Balaban J connectivity index is 1.28. The van der Waals surface area contributed by atoms with Crippen LogP contribution in [-0.4, -0.2) is 68.6 Å². The molecule has 0 amide bonds. The fourth-order valence-corrected chi connectivity index (χ4v) is 4.11. The van der Waals surface area contributed by atoms with Crippen LogP contribution < -0.4 is 5.56 Å². The molecule has 1 aliphatic carbocycles. The zero-order valence-corrected chi connectivity index (χ0v) is 15.3. The van der Waals surface area contributed by atoms with Gasteiger partial charge in [-0.3, -0.25) is 9.69 Å². The minimum absolute atomic E-state index is 0.0548. The fourth-order valence-electron chi connectivity index (χ4n) is 4.11. The van der Waals surface area contributed by atoms with Gasteiger partial charge in [0.05, 0.1) is 6.54 Å². The number of hydrogen-bond donors (Lipinski definition) is 0. The number of rotatable bonds is 6. The summed E-state index contributed by atoms with van der Waals surface area (Å²) < 4.78 is 3.24. The molecular formula is C19H28N6O. The lowest BCUT2D eigenvalue weighted by Crippen LogP contribution is -2.48. The van der Waals surface area contributed by atoms with Crippen molar-refractivity contribution in [2.45, 2.75) is 32.2 Å². The Hall–Kier alpha value is -1.99. The summed E-state index contributed by atoms with van der Waals surface area (Å²) in [5.41, 5.74) is -0.0548. The van der Waals surface area contributed by atoms with Crippen LogP contribution in [0.15, 0.2) is 35.4 Å². The first-order chi connectivity index (χ1) is 12.8. The van der Waals surface area contributed by atoms with Gasteiger partial charge in [0.2, 0.25) is 0 Å². The summed E-state index contributed by atoms with van der Waals surface area (Å²) in [5, 5.41) is 8.63. The summed E-state index contributed by atoms with van der Waals surface area (Å²) in [5.74, 6) is 1.60. The van der Waals surface area contributed by atoms with Crippen LogP contribution in [0, 0.1) is 5.92 Å². The number of hydrogen-bond acceptors (Lipinski definition) is 5. The fraction of sp³-hybridized carbons (Fsp3) is 0.632. The smallest absolute Gasteiger partial charge is 0.266 e. The Bertz CT molecular complexity index is 742. The zero-order chi connectivity index (χ0) is 17.8. The molecule has 0 N–H and O–H groups in total. The van der Waals surface area contributed by atoms with Gasteiger partial charge in [-0.1, -0.05) is 12.8 Å². The Morgan fingerprint density at radius 3 is 2.50 bits per heavy atom. The first-order valence-electron chi connectivity index (χ1n) is 9.81. The molecule has 4 rings (SSSR count). The van der Waals surface area contributed by atoms with Crippen LogP contribution in [0.4, 0.5) is 0 Å². The van der Waals surface area contributed by atoms with Crippen LogP contribution in [-0.2, 0) is 6.54 Å². The molecule has 7 heteroatoms. The van der Waals surface area contributed by atoms with Crippen LogP contribution in [0.3, 0.4) is 0 Å². The standard InChI is InChI=1S/C19H28N6O/c26-19-7-6-18(24-9-3-8-20-24)21-25(19)15-14-22-10-12-23(13-11-22)16-17-4-1-2-5-17/h3,6-9,17H,1-2,4-5,10-16H2. The molecule has 2 fully saturated rings. The van der Waals surface area contributed by atoms with Gasteiger partial charge in [-0.15, -0.1) is 5.10 Å². The second kappa shape index (κ2) is 8.14. The predicted octanol–water partition coefficient (Wildman–Crippen LogP) is 1.24. The molecule has 0 unspecified atom stereocenters. The van der Waals surface area contributed by atoms with Gasteiger partial charge in [-0.2, -0.15) is 5.10 Å². The SMILES string of the molecule is O=c1ccc(-n2cccn2)nn1CCN1CCN(CC2CCCC2)CC1. The summed E-state index contributed by atoms with van der Waals surface area (Å²) >= 11 is 0. The highest BCUT2D eigenvalue weighted by Crippen LogP contribution is 2.25. The average Bonchev–Trinajstić information content (AvgIpc) is 3.36. The van der Waals surface area contributed by atoms with Gasteiger partial charge in [0.25, 0.3) is 5.56 Å². The van der Waals surface area contributed by atoms with E-state index in [2.05, 4.69) is 20.0 Å². The normalized spacial score (nSPS) is 20.0. The van der Waals surface area contributed by atoms with Crippen molar-refractivity contribution in [1.82, 2.24) is 29.4 Å². The summed E-state index contributed by atoms with van der Waals surface area (Å²) in [6.45, 7) is 7.23. The maximum atomic E-state index is 12.1. The number of aromatic nitrogens is 4. The molecule has 7 nitrogen and oxygen atoms in total. The first kappa shape index (κ1) is 17.4. The first-order valence-corrected chi connectivity index (χ1v) is 9.81. The third kappa shape index (κ3) is 4.22. The van der Waals surface area contributed by atoms with E-state index < -0.39 is 0 Å². The zero-order valence-electron chi connectivity index (χ0n) is 15.3. The van der Waals surface area contributed by atoms with Gasteiger partial charge < -0.3 is 4.90 Å². The van der Waals surface area contributed by atoms with E-state index >= 15 is 0 Å². The van der Waals surface area contributed by atoms with Crippen molar-refractivity contribution in [3.63, 3.8) is 0 Å². The van der Waals surface area contributed by atoms with Gasteiger partial charge >= 0.3 is 0 Å². The van der Waals surface area contributed by atoms with E-state index in [9.17, 15) is 4.79 Å². The molecule has 0 bridgehead atoms. The maximum Gasteiger partial charge on any atom is 0.266 e. The molecule has 0 aromatic carbocycles. The van der Waals surface area contributed by atoms with Crippen molar-refractivity contribution in [3.8, 4) is 5.82 Å². The molecule has 140 valence electrons. The molecule has 0 atom stereocenters. The molecule has 2 aromatic heterocycles. The number of piperazine rings is 1. The molecule has 26 heavy (non-hydrogen) atoms. The van der Waals surface area contributed by atoms with Crippen molar-refractivity contribution < 1.29 is 0 Å². The molecule has 0 radical (unpaired) electrons. The van der Waals surface area contributed by atoms with E-state index in [-0.39, 0.29) is 5.56 Å². The molecule has 3 heterocycles. The third-order valence-electron chi connectivity index (χ3n) is 5.68. The van der Waals surface area contributed by atoms with Crippen molar-refractivity contribution >= 4 is 0 Å². The minimum Gasteiger partial charge on any atom is -0.301 e. The average molecular weight is 356 g/mol. The van der Waals surface area contributed by atoms with Crippen LogP contribution in [0.25, 0.3) is 5.82 Å². The summed E-state index contributed by atoms with van der Waals surface area (Å²) in [6, 6.07) is 5.14. The van der Waals surface area contributed by atoms with E-state index in [0.717, 1.165) is 38.6 Å². The van der Waals surface area contributed by atoms with Crippen molar-refractivity contribution in [3.05, 3.63) is 40.9 Å². The molecule has 2 aromatic rings. The Labute approximate surface area is 154 Å². The summed E-state index contributed by atoms with van der Waals surface area (Å²) in [7, 11) is 0. The topological polar surface area (TPSA) is 59.2 Å². The lowest BCUT2D eigenvalue weighted by atomic mass is 10.1. The van der Waals surface area contributed by atoms with Crippen molar-refractivity contribution in [1.29, 1.82) is 0 Å². The summed E-state index contributed by atoms with van der Waals surface area (Å²) in [4.78, 5) is 17.2. The molecular weight excluding hydrogens is 328 g/mol. The van der Waals surface area contributed by atoms with Crippen LogP contribution in [0.1, 0.15) is 25.7 Å². The van der Waals surface area contributed by atoms with Crippen LogP contribution in [0.2, 0.25) is 0 Å². The Kier molecular flexibility index (Phi) is 5.45. The Morgan fingerprint density at radius 1 is 1.00 bits per heavy atom. The van der Waals surface area contributed by atoms with Gasteiger partial charge in [0.15, 0.2) is 5.82 Å². The van der Waals surface area contributed by atoms with Crippen LogP contribution in [0.5, 0.6) is 0 Å². The van der Waals surface area contributed by atoms with Gasteiger partial charge in [-0.25, -0.2) is 9.36 Å². The molecule has 0 spiro atoms. The predicted molar refractivity (Wildman–Crippen MR) is 100 cm³/mol. The monoisotopic (exact) mass is 356 g/mol. The van der Waals surface area contributed by atoms with Gasteiger partial charge in [0, 0.05) is 57.7 Å². The van der Waals surface area contributed by atoms with Gasteiger partial charge in [0.1, 0.15) is 0 Å². The lowest BCUT2D eigenvalue weighted by molar-refractivity contribution is 0.114. The second-order valence-corrected chi connectivity index (χ2v) is 7.50. The molecule has 1 saturated heterocycles. The van der Waals surface area contributed by atoms with E-state index in [1.807, 2.05) is 12.3 Å². The second-order valence-electron chi connectivity index (χ2n) is 7.50. The maximum absolute atomic E-state index is 12.1. The largest absolute Gasteiger partial charge is 0.301 e. The van der Waals surface area contributed by atoms with Crippen molar-refractivity contribution in [2.75, 3.05) is 39.3 Å². The van der Waals surface area contributed by atoms with E-state index in [4.69, 9.17) is 0 Å². The third-order valence-corrected chi connectivity index (χ3v) is 5.68. The highest BCUT2D eigenvalue weighted by atomic mass is 16.1. The molecule has 1 aliphatic heterocycles. The molecule has 2 aliphatic rings. The van der Waals surface area contributed by atoms with Crippen LogP contribution >= 0.6 is 0 Å². The molecule has 1 saturated carbocycles.